The lowest BCUT2D eigenvalue weighted by molar-refractivity contribution is -0.345. The monoisotopic (exact) mass is 639 g/mol. The van der Waals surface area contributed by atoms with Crippen LogP contribution in [0.15, 0.2) is 47.5 Å². The molecule has 0 N–H and O–H groups in total. The summed E-state index contributed by atoms with van der Waals surface area (Å²) in [5.74, 6) is 0. The quantitative estimate of drug-likeness (QED) is 0.0764. The van der Waals surface area contributed by atoms with Crippen LogP contribution in [-0.4, -0.2) is 4.70 Å². The molecule has 0 saturated heterocycles. The highest BCUT2D eigenvalue weighted by Gasteiger charge is 2.35. The van der Waals surface area contributed by atoms with E-state index in [4.69, 9.17) is 0 Å². The fourth-order valence-electron chi connectivity index (χ4n) is 7.34. The molecule has 0 bridgehead atoms. The summed E-state index contributed by atoms with van der Waals surface area (Å²) in [6.45, 7) is 13.8. The van der Waals surface area contributed by atoms with Crippen molar-refractivity contribution in [1.29, 1.82) is 0 Å². The third-order valence-electron chi connectivity index (χ3n) is 10.1. The molecule has 0 unspecified atom stereocenters. The lowest BCUT2D eigenvalue weighted by atomic mass is 9.90. The Hall–Kier alpha value is -2.48. The highest BCUT2D eigenvalue weighted by atomic mass is 15.2. The van der Waals surface area contributed by atoms with Crippen LogP contribution < -0.4 is 0 Å². The van der Waals surface area contributed by atoms with Gasteiger partial charge in [-0.1, -0.05) is 124 Å². The van der Waals surface area contributed by atoms with Crippen molar-refractivity contribution in [2.45, 2.75) is 189 Å². The maximum Gasteiger partial charge on any atom is 0.211 e. The summed E-state index contributed by atoms with van der Waals surface area (Å²) in [5, 5.41) is 0. The summed E-state index contributed by atoms with van der Waals surface area (Å²) < 4.78 is 1.66. The second-order valence-electron chi connectivity index (χ2n) is 14.4. The molecule has 0 radical (unpaired) electrons. The predicted octanol–water partition coefficient (Wildman–Crippen LogP) is 14.6. The van der Waals surface area contributed by atoms with Gasteiger partial charge in [-0.05, 0) is 124 Å². The zero-order valence-electron chi connectivity index (χ0n) is 31.6. The summed E-state index contributed by atoms with van der Waals surface area (Å²) in [4.78, 5) is 0. The molecule has 3 rings (SSSR count). The first-order chi connectivity index (χ1) is 23.0. The maximum atomic E-state index is 12.5. The van der Waals surface area contributed by atoms with Gasteiger partial charge in [0.2, 0.25) is 11.4 Å². The normalized spacial score (nSPS) is 13.4. The van der Waals surface area contributed by atoms with E-state index in [0.717, 1.165) is 62.8 Å². The Kier molecular flexibility index (Phi) is 18.4. The maximum absolute atomic E-state index is 12.5. The van der Waals surface area contributed by atoms with E-state index in [0.29, 0.717) is 0 Å². The lowest BCUT2D eigenvalue weighted by Gasteiger charge is -2.15. The summed E-state index contributed by atoms with van der Waals surface area (Å²) >= 11 is 0. The molecule has 1 aliphatic heterocycles. The largest absolute Gasteiger partial charge is 0.493 e. The highest BCUT2D eigenvalue weighted by molar-refractivity contribution is 5.82. The van der Waals surface area contributed by atoms with E-state index in [1.807, 2.05) is 0 Å². The Balaban J connectivity index is 2.18. The van der Waals surface area contributed by atoms with Crippen molar-refractivity contribution in [3.63, 3.8) is 0 Å². The second-order valence-corrected chi connectivity index (χ2v) is 14.4. The minimum absolute atomic E-state index is 1.03. The minimum Gasteiger partial charge on any atom is -0.493 e. The van der Waals surface area contributed by atoms with Crippen LogP contribution in [-0.2, 0) is 25.7 Å². The molecule has 0 saturated carbocycles. The number of aryl methyl sites for hydroxylation is 4. The fraction of sp³-hybridized carbons (Fsp3) is 0.644. The van der Waals surface area contributed by atoms with E-state index in [1.165, 1.54) is 141 Å². The van der Waals surface area contributed by atoms with Gasteiger partial charge >= 0.3 is 0 Å². The predicted molar refractivity (Wildman–Crippen MR) is 207 cm³/mol. The molecule has 0 atom stereocenters. The SMILES string of the molecule is CCCCCCc1cc(CCCCCC)cc(C2=C(CCCCC)C(CCCC)=C(c3cc(CCCC)cc(CCCC)c3)[N+]2=[N-])c1. The van der Waals surface area contributed by atoms with Crippen LogP contribution in [0.1, 0.15) is 197 Å². The van der Waals surface area contributed by atoms with Gasteiger partial charge in [0.15, 0.2) is 0 Å². The minimum atomic E-state index is 1.03. The molecule has 2 nitrogen and oxygen atoms in total. The highest BCUT2D eigenvalue weighted by Crippen LogP contribution is 2.45. The van der Waals surface area contributed by atoms with E-state index in [9.17, 15) is 5.53 Å². The second kappa shape index (κ2) is 22.2. The van der Waals surface area contributed by atoms with Gasteiger partial charge in [0, 0.05) is 22.3 Å². The Morgan fingerprint density at radius 3 is 1.04 bits per heavy atom. The molecule has 1 heterocycles. The van der Waals surface area contributed by atoms with Crippen molar-refractivity contribution in [3.05, 3.63) is 86.5 Å². The summed E-state index contributed by atoms with van der Waals surface area (Å²) in [6.07, 6.45) is 27.5. The molecular weight excluding hydrogens is 569 g/mol. The first-order valence-corrected chi connectivity index (χ1v) is 20.2. The van der Waals surface area contributed by atoms with Gasteiger partial charge < -0.3 is 5.53 Å². The number of nitrogens with zero attached hydrogens (tertiary/aromatic N) is 2. The van der Waals surface area contributed by atoms with E-state index in [-0.39, 0.29) is 0 Å². The molecule has 2 heteroatoms. The zero-order chi connectivity index (χ0) is 33.9. The molecular formula is C45H70N2. The van der Waals surface area contributed by atoms with E-state index in [2.05, 4.69) is 77.9 Å². The van der Waals surface area contributed by atoms with Crippen molar-refractivity contribution in [2.24, 2.45) is 0 Å². The number of unbranched alkanes of at least 4 members (excludes halogenated alkanes) is 11. The third kappa shape index (κ3) is 12.2. The van der Waals surface area contributed by atoms with Gasteiger partial charge in [0.25, 0.3) is 0 Å². The van der Waals surface area contributed by atoms with Gasteiger partial charge in [-0.15, -0.1) is 0 Å². The first-order valence-electron chi connectivity index (χ1n) is 20.2. The van der Waals surface area contributed by atoms with Crippen LogP contribution in [0.25, 0.3) is 16.9 Å². The molecule has 0 aliphatic carbocycles. The van der Waals surface area contributed by atoms with Crippen LogP contribution in [0.3, 0.4) is 0 Å². The Morgan fingerprint density at radius 1 is 0.362 bits per heavy atom. The standard InChI is InChI=1S/C45H70N2/c1-7-13-19-22-26-38-31-39(27-23-20-14-8-2)35-41(34-38)45-43(29-21-15-9-3)42(28-18-12-6)44(47(45)46)40-32-36(24-16-10-4)30-37(33-40)25-17-11-5/h30-35H,7-29H2,1-6H3. The average molecular weight is 639 g/mol. The number of rotatable bonds is 25. The lowest BCUT2D eigenvalue weighted by Crippen LogP contribution is -2.05. The van der Waals surface area contributed by atoms with Crippen molar-refractivity contribution >= 4 is 11.4 Å². The van der Waals surface area contributed by atoms with Gasteiger partial charge in [-0.25, -0.2) is 4.70 Å². The fourth-order valence-corrected chi connectivity index (χ4v) is 7.34. The molecule has 260 valence electrons. The van der Waals surface area contributed by atoms with Gasteiger partial charge in [-0.2, -0.15) is 0 Å². The average Bonchev–Trinajstić information content (AvgIpc) is 3.36. The first kappa shape index (κ1) is 39.0. The smallest absolute Gasteiger partial charge is 0.211 e. The van der Waals surface area contributed by atoms with Crippen molar-refractivity contribution in [1.82, 2.24) is 0 Å². The molecule has 0 fully saturated rings. The third-order valence-corrected chi connectivity index (χ3v) is 10.1. The van der Waals surface area contributed by atoms with E-state index < -0.39 is 0 Å². The number of hydrogen-bond acceptors (Lipinski definition) is 0. The van der Waals surface area contributed by atoms with Crippen LogP contribution in [0, 0.1) is 0 Å². The van der Waals surface area contributed by atoms with Crippen LogP contribution >= 0.6 is 0 Å². The number of allylic oxidation sites excluding steroid dienone is 2. The molecule has 0 amide bonds. The van der Waals surface area contributed by atoms with Gasteiger partial charge in [0.05, 0.1) is 0 Å². The van der Waals surface area contributed by atoms with E-state index in [1.54, 1.807) is 4.70 Å². The summed E-state index contributed by atoms with van der Waals surface area (Å²) in [5.41, 5.74) is 25.6. The summed E-state index contributed by atoms with van der Waals surface area (Å²) in [7, 11) is 0. The molecule has 2 aromatic carbocycles. The molecule has 47 heavy (non-hydrogen) atoms. The van der Waals surface area contributed by atoms with Crippen molar-refractivity contribution in [3.8, 4) is 0 Å². The van der Waals surface area contributed by atoms with Crippen LogP contribution in [0.4, 0.5) is 0 Å². The van der Waals surface area contributed by atoms with Gasteiger partial charge in [-0.3, -0.25) is 0 Å². The zero-order valence-corrected chi connectivity index (χ0v) is 31.6. The van der Waals surface area contributed by atoms with Crippen LogP contribution in [0.5, 0.6) is 0 Å². The topological polar surface area (TPSA) is 25.3 Å². The Labute approximate surface area is 291 Å². The van der Waals surface area contributed by atoms with Gasteiger partial charge in [0.1, 0.15) is 0 Å². The van der Waals surface area contributed by atoms with Crippen LogP contribution in [0.2, 0.25) is 0 Å². The molecule has 0 spiro atoms. The molecule has 1 aliphatic rings. The number of benzene rings is 2. The molecule has 0 aromatic heterocycles. The summed E-state index contributed by atoms with van der Waals surface area (Å²) in [6, 6.07) is 14.6. The number of hydrogen-bond donors (Lipinski definition) is 0. The van der Waals surface area contributed by atoms with E-state index >= 15 is 0 Å². The van der Waals surface area contributed by atoms with Crippen molar-refractivity contribution in [2.75, 3.05) is 0 Å². The Bertz CT molecular complexity index is 1240. The Morgan fingerprint density at radius 2 is 0.660 bits per heavy atom. The van der Waals surface area contributed by atoms with Crippen molar-refractivity contribution < 1.29 is 4.70 Å². The molecule has 2 aromatic rings.